The van der Waals surface area contributed by atoms with Crippen LogP contribution in [0.1, 0.15) is 17.0 Å². The maximum absolute atomic E-state index is 14.4. The summed E-state index contributed by atoms with van der Waals surface area (Å²) in [7, 11) is 2.01. The Morgan fingerprint density at radius 1 is 1.11 bits per heavy atom. The second-order valence-electron chi connectivity index (χ2n) is 7.12. The van der Waals surface area contributed by atoms with Gasteiger partial charge < -0.3 is 15.2 Å². The van der Waals surface area contributed by atoms with Gasteiger partial charge in [-0.15, -0.1) is 0 Å². The summed E-state index contributed by atoms with van der Waals surface area (Å²) in [5, 5.41) is 9.96. The predicted octanol–water partition coefficient (Wildman–Crippen LogP) is 4.35. The SMILES string of the molecule is COC(=O)C1=C(C(=O)OC)N(c2cc(F)cc(C(F)(F)F)c2I)C(N)=C(C#N)C1c1ccccc1. The molecule has 0 bridgehead atoms. The zero-order valence-electron chi connectivity index (χ0n) is 18.1. The van der Waals surface area contributed by atoms with Gasteiger partial charge in [0.1, 0.15) is 17.3 Å². The summed E-state index contributed by atoms with van der Waals surface area (Å²) in [6.45, 7) is 0. The molecule has 2 aromatic carbocycles. The fourth-order valence-corrected chi connectivity index (χ4v) is 4.57. The highest BCUT2D eigenvalue weighted by Crippen LogP contribution is 2.46. The molecule has 0 radical (unpaired) electrons. The fraction of sp³-hybridized carbons (Fsp3) is 0.174. The van der Waals surface area contributed by atoms with Gasteiger partial charge in [0.15, 0.2) is 0 Å². The van der Waals surface area contributed by atoms with Crippen molar-refractivity contribution >= 4 is 40.2 Å². The van der Waals surface area contributed by atoms with E-state index in [9.17, 15) is 32.4 Å². The first-order chi connectivity index (χ1) is 16.5. The van der Waals surface area contributed by atoms with E-state index in [1.54, 1.807) is 30.3 Å². The summed E-state index contributed by atoms with van der Waals surface area (Å²) in [5.41, 5.74) is 3.47. The van der Waals surface area contributed by atoms with Crippen LogP contribution >= 0.6 is 22.6 Å². The van der Waals surface area contributed by atoms with Crippen LogP contribution in [0.2, 0.25) is 0 Å². The molecule has 35 heavy (non-hydrogen) atoms. The molecule has 7 nitrogen and oxygen atoms in total. The van der Waals surface area contributed by atoms with Crippen LogP contribution in [0, 0.1) is 20.7 Å². The third-order valence-electron chi connectivity index (χ3n) is 5.17. The minimum Gasteiger partial charge on any atom is -0.466 e. The smallest absolute Gasteiger partial charge is 0.417 e. The number of esters is 2. The van der Waals surface area contributed by atoms with Crippen molar-refractivity contribution < 1.29 is 36.6 Å². The number of methoxy groups -OCH3 is 2. The van der Waals surface area contributed by atoms with Gasteiger partial charge in [0, 0.05) is 3.57 Å². The number of anilines is 1. The topological polar surface area (TPSA) is 106 Å². The molecule has 0 saturated heterocycles. The average Bonchev–Trinajstić information content (AvgIpc) is 2.83. The summed E-state index contributed by atoms with van der Waals surface area (Å²) in [6, 6.07) is 10.9. The number of nitrogens with two attached hydrogens (primary N) is 1. The van der Waals surface area contributed by atoms with E-state index in [-0.39, 0.29) is 11.6 Å². The Labute approximate surface area is 210 Å². The highest BCUT2D eigenvalue weighted by Gasteiger charge is 2.44. The minimum atomic E-state index is -4.95. The quantitative estimate of drug-likeness (QED) is 0.316. The van der Waals surface area contributed by atoms with Gasteiger partial charge in [-0.05, 0) is 40.3 Å². The van der Waals surface area contributed by atoms with E-state index >= 15 is 0 Å². The zero-order valence-corrected chi connectivity index (χ0v) is 20.3. The van der Waals surface area contributed by atoms with Gasteiger partial charge in [0.05, 0.1) is 48.6 Å². The number of nitriles is 1. The number of carbonyl (C=O) groups excluding carboxylic acids is 2. The number of halogens is 5. The standard InChI is InChI=1S/C23H16F4IN3O4/c1-34-21(32)17-16(11-6-4-3-5-7-11)13(10-29)20(30)31(19(17)22(33)35-2)15-9-12(24)8-14(18(15)28)23(25,26)27/h3-9,16H,30H2,1-2H3. The lowest BCUT2D eigenvalue weighted by Crippen LogP contribution is -2.41. The number of hydrogen-bond acceptors (Lipinski definition) is 7. The lowest BCUT2D eigenvalue weighted by Gasteiger charge is -2.36. The number of allylic oxidation sites excluding steroid dienone is 1. The monoisotopic (exact) mass is 601 g/mol. The molecule has 0 amide bonds. The Morgan fingerprint density at radius 3 is 2.23 bits per heavy atom. The van der Waals surface area contributed by atoms with Crippen LogP contribution in [0.15, 0.2) is 65.1 Å². The number of nitrogens with zero attached hydrogens (tertiary/aromatic N) is 2. The van der Waals surface area contributed by atoms with Crippen molar-refractivity contribution in [3.63, 3.8) is 0 Å². The van der Waals surface area contributed by atoms with Crippen LogP contribution < -0.4 is 10.6 Å². The van der Waals surface area contributed by atoms with Crippen LogP contribution in [-0.4, -0.2) is 26.2 Å². The Hall–Kier alpha value is -3.60. The third-order valence-corrected chi connectivity index (χ3v) is 6.31. The molecule has 0 aliphatic carbocycles. The van der Waals surface area contributed by atoms with Crippen LogP contribution in [0.4, 0.5) is 23.2 Å². The maximum atomic E-state index is 14.4. The van der Waals surface area contributed by atoms with Crippen LogP contribution in [0.3, 0.4) is 0 Å². The predicted molar refractivity (Wildman–Crippen MR) is 124 cm³/mol. The number of ether oxygens (including phenoxy) is 2. The zero-order chi connectivity index (χ0) is 26.1. The highest BCUT2D eigenvalue weighted by atomic mass is 127. The Morgan fingerprint density at radius 2 is 1.71 bits per heavy atom. The van der Waals surface area contributed by atoms with Crippen LogP contribution in [0.25, 0.3) is 0 Å². The second-order valence-corrected chi connectivity index (χ2v) is 8.20. The molecule has 2 aromatic rings. The van der Waals surface area contributed by atoms with Gasteiger partial charge in [-0.3, -0.25) is 4.90 Å². The molecule has 1 aliphatic heterocycles. The van der Waals surface area contributed by atoms with Crippen molar-refractivity contribution in [2.75, 3.05) is 19.1 Å². The maximum Gasteiger partial charge on any atom is 0.417 e. The summed E-state index contributed by atoms with van der Waals surface area (Å²) in [5.74, 6) is -5.21. The Balaban J connectivity index is 2.50. The van der Waals surface area contributed by atoms with Crippen molar-refractivity contribution in [2.45, 2.75) is 12.1 Å². The molecule has 1 aliphatic rings. The van der Waals surface area contributed by atoms with Crippen LogP contribution in [-0.2, 0) is 25.2 Å². The molecule has 12 heteroatoms. The molecule has 1 heterocycles. The van der Waals surface area contributed by atoms with Crippen molar-refractivity contribution in [3.8, 4) is 6.07 Å². The summed E-state index contributed by atoms with van der Waals surface area (Å²) >= 11 is 1.33. The highest BCUT2D eigenvalue weighted by molar-refractivity contribution is 14.1. The number of rotatable bonds is 4. The first-order valence-corrected chi connectivity index (χ1v) is 10.8. The molecule has 0 spiro atoms. The van der Waals surface area contributed by atoms with Gasteiger partial charge in [-0.25, -0.2) is 14.0 Å². The van der Waals surface area contributed by atoms with E-state index < -0.39 is 61.8 Å². The van der Waals surface area contributed by atoms with Crippen LogP contribution in [0.5, 0.6) is 0 Å². The van der Waals surface area contributed by atoms with E-state index in [4.69, 9.17) is 15.2 Å². The molecule has 0 fully saturated rings. The molecule has 1 unspecified atom stereocenters. The van der Waals surface area contributed by atoms with E-state index in [2.05, 4.69) is 0 Å². The van der Waals surface area contributed by atoms with Gasteiger partial charge in [0.2, 0.25) is 0 Å². The van der Waals surface area contributed by atoms with Gasteiger partial charge >= 0.3 is 18.1 Å². The molecule has 3 rings (SSSR count). The summed E-state index contributed by atoms with van der Waals surface area (Å²) in [4.78, 5) is 26.6. The lowest BCUT2D eigenvalue weighted by atomic mass is 9.81. The Kier molecular flexibility index (Phi) is 7.39. The van der Waals surface area contributed by atoms with Gasteiger partial charge in [-0.1, -0.05) is 30.3 Å². The van der Waals surface area contributed by atoms with E-state index in [1.807, 2.05) is 6.07 Å². The molecule has 182 valence electrons. The summed E-state index contributed by atoms with van der Waals surface area (Å²) in [6.07, 6.45) is -4.95. The van der Waals surface area contributed by atoms with E-state index in [1.165, 1.54) is 22.6 Å². The summed E-state index contributed by atoms with van der Waals surface area (Å²) < 4.78 is 64.4. The number of hydrogen-bond donors (Lipinski definition) is 1. The number of carbonyl (C=O) groups is 2. The van der Waals surface area contributed by atoms with Gasteiger partial charge in [-0.2, -0.15) is 18.4 Å². The molecule has 1 atom stereocenters. The average molecular weight is 601 g/mol. The van der Waals surface area contributed by atoms with E-state index in [0.717, 1.165) is 19.1 Å². The Bertz CT molecular complexity index is 1300. The van der Waals surface area contributed by atoms with Crippen molar-refractivity contribution in [2.24, 2.45) is 5.73 Å². The molecule has 0 aromatic heterocycles. The van der Waals surface area contributed by atoms with Gasteiger partial charge in [0.25, 0.3) is 0 Å². The normalized spacial score (nSPS) is 16.2. The lowest BCUT2D eigenvalue weighted by molar-refractivity contribution is -0.139. The first kappa shape index (κ1) is 26.0. The third kappa shape index (κ3) is 4.68. The second kappa shape index (κ2) is 9.95. The number of alkyl halides is 3. The van der Waals surface area contributed by atoms with Crippen molar-refractivity contribution in [1.82, 2.24) is 0 Å². The molecular formula is C23H16F4IN3O4. The van der Waals surface area contributed by atoms with Crippen molar-refractivity contribution in [3.05, 3.63) is 85.6 Å². The fourth-order valence-electron chi connectivity index (χ4n) is 3.71. The largest absolute Gasteiger partial charge is 0.466 e. The minimum absolute atomic E-state index is 0.266. The van der Waals surface area contributed by atoms with E-state index in [0.29, 0.717) is 11.6 Å². The number of benzene rings is 2. The first-order valence-electron chi connectivity index (χ1n) is 9.69. The van der Waals surface area contributed by atoms with Crippen molar-refractivity contribution in [1.29, 1.82) is 5.26 Å². The molecule has 2 N–H and O–H groups in total. The molecular weight excluding hydrogens is 585 g/mol. The molecule has 0 saturated carbocycles.